The van der Waals surface area contributed by atoms with E-state index in [2.05, 4.69) is 10.2 Å². The Hall–Kier alpha value is -2.87. The van der Waals surface area contributed by atoms with Crippen LogP contribution in [0.2, 0.25) is 0 Å². The molecule has 8 heteroatoms. The summed E-state index contributed by atoms with van der Waals surface area (Å²) in [7, 11) is 0. The van der Waals surface area contributed by atoms with Crippen molar-refractivity contribution in [2.45, 2.75) is 23.4 Å². The first-order valence-electron chi connectivity index (χ1n) is 8.43. The monoisotopic (exact) mass is 385 g/mol. The predicted octanol–water partition coefficient (Wildman–Crippen LogP) is 3.39. The van der Waals surface area contributed by atoms with Gasteiger partial charge in [0.1, 0.15) is 11.9 Å². The molecule has 1 unspecified atom stereocenters. The fourth-order valence-electron chi connectivity index (χ4n) is 2.72. The summed E-state index contributed by atoms with van der Waals surface area (Å²) in [5.74, 6) is -0.0228. The van der Waals surface area contributed by atoms with E-state index in [-0.39, 0.29) is 23.6 Å². The number of benzene rings is 2. The minimum atomic E-state index is -0.438. The molecule has 27 heavy (non-hydrogen) atoms. The largest absolute Gasteiger partial charge is 0.483 e. The minimum absolute atomic E-state index is 0.0402. The molecule has 3 aromatic rings. The lowest BCUT2D eigenvalue weighted by atomic mass is 10.3. The third-order valence-corrected chi connectivity index (χ3v) is 5.23. The van der Waals surface area contributed by atoms with Crippen molar-refractivity contribution in [2.24, 2.45) is 0 Å². The first kappa shape index (κ1) is 17.5. The molecule has 0 N–H and O–H groups in total. The Balaban J connectivity index is 1.63. The Morgan fingerprint density at radius 1 is 1.15 bits per heavy atom. The van der Waals surface area contributed by atoms with Gasteiger partial charge in [-0.25, -0.2) is 4.39 Å². The number of para-hydroxylation sites is 2. The lowest BCUT2D eigenvalue weighted by Gasteiger charge is -2.12. The van der Waals surface area contributed by atoms with Crippen molar-refractivity contribution in [1.82, 2.24) is 14.8 Å². The average molecular weight is 385 g/mol. The van der Waals surface area contributed by atoms with Crippen molar-refractivity contribution < 1.29 is 18.7 Å². The van der Waals surface area contributed by atoms with Crippen LogP contribution in [0.5, 0.6) is 5.75 Å². The molecule has 1 aliphatic rings. The summed E-state index contributed by atoms with van der Waals surface area (Å²) in [6.45, 7) is 0.456. The number of halogens is 1. The lowest BCUT2D eigenvalue weighted by molar-refractivity contribution is -0.137. The number of hydrogen-bond donors (Lipinski definition) is 0. The van der Waals surface area contributed by atoms with Gasteiger partial charge in [0, 0.05) is 12.1 Å². The van der Waals surface area contributed by atoms with Gasteiger partial charge in [-0.1, -0.05) is 42.1 Å². The number of thioether (sulfide) groups is 1. The summed E-state index contributed by atoms with van der Waals surface area (Å²) < 4.78 is 26.2. The minimum Gasteiger partial charge on any atom is -0.483 e. The maximum absolute atomic E-state index is 13.8. The van der Waals surface area contributed by atoms with Crippen LogP contribution >= 0.6 is 11.8 Å². The average Bonchev–Trinajstić information content (AvgIpc) is 3.28. The van der Waals surface area contributed by atoms with Gasteiger partial charge in [0.25, 0.3) is 0 Å². The molecule has 1 fully saturated rings. The fraction of sp³-hybridized carbons (Fsp3) is 0.211. The van der Waals surface area contributed by atoms with Gasteiger partial charge in [0.2, 0.25) is 0 Å². The van der Waals surface area contributed by atoms with E-state index in [0.717, 1.165) is 5.69 Å². The van der Waals surface area contributed by atoms with Crippen molar-refractivity contribution in [2.75, 3.05) is 6.61 Å². The molecule has 1 aromatic heterocycles. The van der Waals surface area contributed by atoms with E-state index in [1.54, 1.807) is 18.2 Å². The van der Waals surface area contributed by atoms with Gasteiger partial charge in [0.15, 0.2) is 22.5 Å². The van der Waals surface area contributed by atoms with E-state index >= 15 is 0 Å². The quantitative estimate of drug-likeness (QED) is 0.606. The van der Waals surface area contributed by atoms with Crippen molar-refractivity contribution >= 4 is 17.7 Å². The van der Waals surface area contributed by atoms with Gasteiger partial charge >= 0.3 is 5.97 Å². The number of rotatable bonds is 6. The van der Waals surface area contributed by atoms with Crippen LogP contribution in [0.15, 0.2) is 59.8 Å². The first-order valence-corrected chi connectivity index (χ1v) is 9.30. The van der Waals surface area contributed by atoms with Crippen LogP contribution in [0.4, 0.5) is 4.39 Å². The highest BCUT2D eigenvalue weighted by Gasteiger charge is 2.30. The third-order valence-electron chi connectivity index (χ3n) is 4.04. The second-order valence-corrected chi connectivity index (χ2v) is 7.02. The Kier molecular flexibility index (Phi) is 5.06. The Labute approximate surface area is 159 Å². The normalized spacial score (nSPS) is 16.3. The van der Waals surface area contributed by atoms with Crippen molar-refractivity contribution in [3.8, 4) is 11.4 Å². The van der Waals surface area contributed by atoms with Crippen molar-refractivity contribution in [1.29, 1.82) is 0 Å². The SMILES string of the molecule is O=C1OCCC1Sc1nnc(COc2ccccc2F)n1-c1ccccc1. The van der Waals surface area contributed by atoms with Crippen LogP contribution in [0.1, 0.15) is 12.2 Å². The molecule has 0 radical (unpaired) electrons. The standard InChI is InChI=1S/C19H16FN3O3S/c20-14-8-4-5-9-15(14)26-12-17-21-22-19(27-16-10-11-25-18(16)24)23(17)13-6-2-1-3-7-13/h1-9,16H,10-12H2. The van der Waals surface area contributed by atoms with Crippen molar-refractivity contribution in [3.05, 3.63) is 66.2 Å². The smallest absolute Gasteiger partial charge is 0.319 e. The summed E-state index contributed by atoms with van der Waals surface area (Å²) in [6, 6.07) is 15.7. The highest BCUT2D eigenvalue weighted by Crippen LogP contribution is 2.31. The summed E-state index contributed by atoms with van der Waals surface area (Å²) in [5, 5.41) is 8.67. The maximum Gasteiger partial charge on any atom is 0.319 e. The topological polar surface area (TPSA) is 66.2 Å². The predicted molar refractivity (Wildman–Crippen MR) is 97.3 cm³/mol. The molecule has 2 aromatic carbocycles. The molecule has 0 amide bonds. The van der Waals surface area contributed by atoms with E-state index in [0.29, 0.717) is 24.0 Å². The molecule has 6 nitrogen and oxygen atoms in total. The molecule has 0 spiro atoms. The molecular weight excluding hydrogens is 369 g/mol. The highest BCUT2D eigenvalue weighted by molar-refractivity contribution is 8.00. The third kappa shape index (κ3) is 3.80. The number of cyclic esters (lactones) is 1. The number of hydrogen-bond acceptors (Lipinski definition) is 6. The number of carbonyl (C=O) groups is 1. The van der Waals surface area contributed by atoms with Gasteiger partial charge in [-0.15, -0.1) is 10.2 Å². The lowest BCUT2D eigenvalue weighted by Crippen LogP contribution is -2.12. The molecule has 0 bridgehead atoms. The van der Waals surface area contributed by atoms with Gasteiger partial charge in [-0.2, -0.15) is 0 Å². The van der Waals surface area contributed by atoms with E-state index in [4.69, 9.17) is 9.47 Å². The molecule has 2 heterocycles. The fourth-order valence-corrected chi connectivity index (χ4v) is 3.76. The Morgan fingerprint density at radius 3 is 2.67 bits per heavy atom. The Morgan fingerprint density at radius 2 is 1.93 bits per heavy atom. The molecule has 1 atom stereocenters. The number of ether oxygens (including phenoxy) is 2. The van der Waals surface area contributed by atoms with Gasteiger partial charge in [-0.3, -0.25) is 9.36 Å². The molecule has 0 saturated carbocycles. The van der Waals surface area contributed by atoms with E-state index in [1.807, 2.05) is 34.9 Å². The summed E-state index contributed by atoms with van der Waals surface area (Å²) >= 11 is 1.31. The molecule has 4 rings (SSSR count). The number of carbonyl (C=O) groups excluding carboxylic acids is 1. The second kappa shape index (κ2) is 7.79. The maximum atomic E-state index is 13.8. The summed E-state index contributed by atoms with van der Waals surface area (Å²) in [6.07, 6.45) is 0.631. The highest BCUT2D eigenvalue weighted by atomic mass is 32.2. The van der Waals surface area contributed by atoms with E-state index in [9.17, 15) is 9.18 Å². The van der Waals surface area contributed by atoms with Gasteiger partial charge < -0.3 is 9.47 Å². The number of aromatic nitrogens is 3. The molecular formula is C19H16FN3O3S. The first-order chi connectivity index (χ1) is 13.2. The van der Waals surface area contributed by atoms with Crippen LogP contribution in [-0.4, -0.2) is 32.6 Å². The van der Waals surface area contributed by atoms with E-state index < -0.39 is 5.82 Å². The van der Waals surface area contributed by atoms with Gasteiger partial charge in [0.05, 0.1) is 6.61 Å². The zero-order chi connectivity index (χ0) is 18.6. The number of nitrogens with zero attached hydrogens (tertiary/aromatic N) is 3. The zero-order valence-corrected chi connectivity index (χ0v) is 15.1. The zero-order valence-electron chi connectivity index (χ0n) is 14.2. The molecule has 1 aliphatic heterocycles. The van der Waals surface area contributed by atoms with Crippen LogP contribution in [-0.2, 0) is 16.1 Å². The van der Waals surface area contributed by atoms with Crippen LogP contribution < -0.4 is 4.74 Å². The van der Waals surface area contributed by atoms with Crippen LogP contribution in [0, 0.1) is 5.82 Å². The van der Waals surface area contributed by atoms with Crippen LogP contribution in [0.25, 0.3) is 5.69 Å². The summed E-state index contributed by atoms with van der Waals surface area (Å²) in [4.78, 5) is 11.8. The van der Waals surface area contributed by atoms with Crippen molar-refractivity contribution in [3.63, 3.8) is 0 Å². The molecule has 1 saturated heterocycles. The molecule has 0 aliphatic carbocycles. The Bertz CT molecular complexity index is 948. The van der Waals surface area contributed by atoms with Crippen LogP contribution in [0.3, 0.4) is 0 Å². The summed E-state index contributed by atoms with van der Waals surface area (Å²) in [5.41, 5.74) is 0.837. The second-order valence-electron chi connectivity index (χ2n) is 5.85. The number of esters is 1. The molecule has 138 valence electrons. The van der Waals surface area contributed by atoms with E-state index in [1.165, 1.54) is 17.8 Å². The van der Waals surface area contributed by atoms with Gasteiger partial charge in [-0.05, 0) is 24.3 Å².